The van der Waals surface area contributed by atoms with Crippen LogP contribution in [0.3, 0.4) is 0 Å². The predicted molar refractivity (Wildman–Crippen MR) is 79.8 cm³/mol. The number of hydrogen-bond acceptors (Lipinski definition) is 7. The van der Waals surface area contributed by atoms with Crippen molar-refractivity contribution in [1.82, 2.24) is 0 Å². The Morgan fingerprint density at radius 3 is 1.65 bits per heavy atom. The third-order valence-electron chi connectivity index (χ3n) is 2.30. The highest BCUT2D eigenvalue weighted by atomic mass is 31.3. The van der Waals surface area contributed by atoms with Crippen LogP contribution in [-0.4, -0.2) is 11.4 Å². The molecular formula is C13H12O8P2. The van der Waals surface area contributed by atoms with Gasteiger partial charge in [0.25, 0.3) is 0 Å². The number of carbonyl (C=O) groups is 1. The van der Waals surface area contributed by atoms with E-state index in [1.165, 1.54) is 24.3 Å². The summed E-state index contributed by atoms with van der Waals surface area (Å²) in [6.07, 6.45) is 0. The van der Waals surface area contributed by atoms with E-state index in [-0.39, 0.29) is 18.0 Å². The van der Waals surface area contributed by atoms with Gasteiger partial charge >= 0.3 is 22.1 Å². The molecule has 0 spiro atoms. The fourth-order valence-electron chi connectivity index (χ4n) is 1.47. The molecule has 0 aliphatic rings. The average Bonchev–Trinajstić information content (AvgIpc) is 2.48. The van der Waals surface area contributed by atoms with Gasteiger partial charge in [0.1, 0.15) is 11.5 Å². The standard InChI is InChI=1S/C13H12O8P2/c14-11-18-22(15,16)21-23(17,19-12-7-3-1-4-8-12)20-13-9-5-2-6-10-13/h1-11H,(H,15,16). The van der Waals surface area contributed by atoms with E-state index in [2.05, 4.69) is 8.83 Å². The van der Waals surface area contributed by atoms with Crippen LogP contribution in [0.25, 0.3) is 0 Å². The van der Waals surface area contributed by atoms with Gasteiger partial charge in [0.15, 0.2) is 0 Å². The van der Waals surface area contributed by atoms with E-state index in [0.29, 0.717) is 0 Å². The minimum absolute atomic E-state index is 0.0675. The summed E-state index contributed by atoms with van der Waals surface area (Å²) in [5.74, 6) is 0.135. The summed E-state index contributed by atoms with van der Waals surface area (Å²) in [6.45, 7) is -0.309. The molecule has 0 heterocycles. The maximum Gasteiger partial charge on any atom is 0.597 e. The van der Waals surface area contributed by atoms with Crippen molar-refractivity contribution < 1.29 is 36.7 Å². The summed E-state index contributed by atoms with van der Waals surface area (Å²) in [6, 6.07) is 15.5. The highest BCUT2D eigenvalue weighted by molar-refractivity contribution is 7.62. The predicted octanol–water partition coefficient (Wildman–Crippen LogP) is 3.54. The monoisotopic (exact) mass is 358 g/mol. The van der Waals surface area contributed by atoms with Crippen LogP contribution < -0.4 is 9.05 Å². The fraction of sp³-hybridized carbons (Fsp3) is 0. The molecule has 0 aliphatic carbocycles. The maximum atomic E-state index is 12.6. The van der Waals surface area contributed by atoms with E-state index < -0.39 is 15.6 Å². The van der Waals surface area contributed by atoms with Gasteiger partial charge in [0, 0.05) is 0 Å². The summed E-state index contributed by atoms with van der Waals surface area (Å²) < 4.78 is 42.7. The lowest BCUT2D eigenvalue weighted by atomic mass is 10.3. The van der Waals surface area contributed by atoms with Crippen LogP contribution in [0.1, 0.15) is 0 Å². The van der Waals surface area contributed by atoms with Crippen LogP contribution >= 0.6 is 15.6 Å². The van der Waals surface area contributed by atoms with Gasteiger partial charge in [0.2, 0.25) is 0 Å². The lowest BCUT2D eigenvalue weighted by molar-refractivity contribution is -0.121. The number of phosphoric acid groups is 2. The zero-order valence-electron chi connectivity index (χ0n) is 11.6. The Labute approximate surface area is 131 Å². The first-order valence-corrected chi connectivity index (χ1v) is 9.14. The molecule has 1 unspecified atom stereocenters. The molecule has 0 bridgehead atoms. The molecule has 23 heavy (non-hydrogen) atoms. The van der Waals surface area contributed by atoms with Gasteiger partial charge in [-0.3, -0.25) is 9.69 Å². The topological polar surface area (TPSA) is 108 Å². The quantitative estimate of drug-likeness (QED) is 0.564. The van der Waals surface area contributed by atoms with Gasteiger partial charge in [-0.05, 0) is 24.3 Å². The Kier molecular flexibility index (Phi) is 5.58. The molecule has 0 saturated carbocycles. The third kappa shape index (κ3) is 5.54. The van der Waals surface area contributed by atoms with Crippen molar-refractivity contribution in [2.45, 2.75) is 0 Å². The first-order valence-electron chi connectivity index (χ1n) is 6.18. The molecular weight excluding hydrogens is 346 g/mol. The van der Waals surface area contributed by atoms with Gasteiger partial charge in [-0.1, -0.05) is 36.4 Å². The van der Waals surface area contributed by atoms with Crippen molar-refractivity contribution in [3.8, 4) is 11.5 Å². The van der Waals surface area contributed by atoms with Crippen molar-refractivity contribution in [3.63, 3.8) is 0 Å². The first kappa shape index (κ1) is 17.2. The maximum absolute atomic E-state index is 12.6. The summed E-state index contributed by atoms with van der Waals surface area (Å²) in [7, 11) is -9.58. The molecule has 8 nitrogen and oxygen atoms in total. The Morgan fingerprint density at radius 1 is 0.826 bits per heavy atom. The van der Waals surface area contributed by atoms with Crippen LogP contribution in [0.15, 0.2) is 60.7 Å². The van der Waals surface area contributed by atoms with Crippen LogP contribution in [-0.2, 0) is 22.8 Å². The van der Waals surface area contributed by atoms with E-state index in [1.807, 2.05) is 0 Å². The molecule has 10 heteroatoms. The Morgan fingerprint density at radius 2 is 1.26 bits per heavy atom. The molecule has 2 aromatic carbocycles. The zero-order chi connectivity index (χ0) is 16.8. The molecule has 122 valence electrons. The second-order valence-corrected chi connectivity index (χ2v) is 7.07. The van der Waals surface area contributed by atoms with Crippen LogP contribution in [0.4, 0.5) is 0 Å². The molecule has 1 atom stereocenters. The van der Waals surface area contributed by atoms with Gasteiger partial charge < -0.3 is 13.6 Å². The molecule has 0 saturated heterocycles. The second-order valence-electron chi connectivity index (χ2n) is 4.01. The van der Waals surface area contributed by atoms with Gasteiger partial charge in [-0.25, -0.2) is 9.13 Å². The number of rotatable bonds is 8. The summed E-state index contributed by atoms with van der Waals surface area (Å²) >= 11 is 0. The summed E-state index contributed by atoms with van der Waals surface area (Å²) in [5, 5.41) is 0. The van der Waals surface area contributed by atoms with E-state index in [4.69, 9.17) is 9.05 Å². The molecule has 2 aromatic rings. The molecule has 1 N–H and O–H groups in total. The molecule has 0 fully saturated rings. The van der Waals surface area contributed by atoms with Crippen LogP contribution in [0.5, 0.6) is 11.5 Å². The highest BCUT2D eigenvalue weighted by Gasteiger charge is 2.42. The fourth-order valence-corrected chi connectivity index (χ4v) is 3.81. The van der Waals surface area contributed by atoms with E-state index in [1.54, 1.807) is 36.4 Å². The summed E-state index contributed by atoms with van der Waals surface area (Å²) in [4.78, 5) is 19.6. The van der Waals surface area contributed by atoms with Crippen molar-refractivity contribution in [3.05, 3.63) is 60.7 Å². The van der Waals surface area contributed by atoms with Crippen molar-refractivity contribution in [2.75, 3.05) is 0 Å². The molecule has 0 amide bonds. The number of para-hydroxylation sites is 2. The molecule has 2 rings (SSSR count). The highest BCUT2D eigenvalue weighted by Crippen LogP contribution is 2.62. The number of benzene rings is 2. The Bertz CT molecular complexity index is 689. The number of hydrogen-bond donors (Lipinski definition) is 1. The molecule has 0 aliphatic heterocycles. The number of phosphoric ester groups is 2. The minimum atomic E-state index is -4.97. The molecule has 0 radical (unpaired) electrons. The second kappa shape index (κ2) is 7.44. The SMILES string of the molecule is O=COP(=O)(O)OP(=O)(Oc1ccccc1)Oc1ccccc1. The average molecular weight is 358 g/mol. The van der Waals surface area contributed by atoms with Gasteiger partial charge in [-0.2, -0.15) is 4.31 Å². The lowest BCUT2D eigenvalue weighted by Gasteiger charge is -2.19. The Hall–Kier alpha value is -2.11. The van der Waals surface area contributed by atoms with E-state index in [0.717, 1.165) is 0 Å². The van der Waals surface area contributed by atoms with Gasteiger partial charge in [-0.15, -0.1) is 0 Å². The van der Waals surface area contributed by atoms with Crippen LogP contribution in [0, 0.1) is 0 Å². The molecule has 0 aromatic heterocycles. The smallest absolute Gasteiger partial charge is 0.395 e. The third-order valence-corrected chi connectivity index (χ3v) is 5.15. The first-order chi connectivity index (χ1) is 10.9. The normalized spacial score (nSPS) is 13.6. The van der Waals surface area contributed by atoms with Crippen molar-refractivity contribution >= 4 is 22.1 Å². The summed E-state index contributed by atoms with van der Waals surface area (Å²) in [5.41, 5.74) is 0. The van der Waals surface area contributed by atoms with E-state index >= 15 is 0 Å². The van der Waals surface area contributed by atoms with E-state index in [9.17, 15) is 18.8 Å². The van der Waals surface area contributed by atoms with Crippen molar-refractivity contribution in [2.24, 2.45) is 0 Å². The minimum Gasteiger partial charge on any atom is -0.395 e. The van der Waals surface area contributed by atoms with Crippen molar-refractivity contribution in [1.29, 1.82) is 0 Å². The Balaban J connectivity index is 2.28. The number of carbonyl (C=O) groups excluding carboxylic acids is 1. The van der Waals surface area contributed by atoms with Gasteiger partial charge in [0.05, 0.1) is 0 Å². The lowest BCUT2D eigenvalue weighted by Crippen LogP contribution is -2.05. The van der Waals surface area contributed by atoms with Crippen LogP contribution in [0.2, 0.25) is 0 Å². The largest absolute Gasteiger partial charge is 0.597 e. The zero-order valence-corrected chi connectivity index (χ0v) is 13.3.